The van der Waals surface area contributed by atoms with E-state index in [4.69, 9.17) is 21.1 Å². The van der Waals surface area contributed by atoms with Crippen LogP contribution >= 0.6 is 11.6 Å². The van der Waals surface area contributed by atoms with Gasteiger partial charge in [0.1, 0.15) is 18.1 Å². The summed E-state index contributed by atoms with van der Waals surface area (Å²) >= 11 is 6.13. The minimum absolute atomic E-state index is 0.480. The van der Waals surface area contributed by atoms with Gasteiger partial charge in [-0.05, 0) is 36.2 Å². The van der Waals surface area contributed by atoms with Crippen LogP contribution in [-0.4, -0.2) is 6.61 Å². The number of benzene rings is 2. The highest BCUT2D eigenvalue weighted by Crippen LogP contribution is 2.33. The molecule has 0 N–H and O–H groups in total. The van der Waals surface area contributed by atoms with Gasteiger partial charge in [-0.25, -0.2) is 0 Å². The second-order valence-corrected chi connectivity index (χ2v) is 5.14. The van der Waals surface area contributed by atoms with Crippen molar-refractivity contribution < 1.29 is 9.47 Å². The third kappa shape index (κ3) is 2.54. The molecule has 19 heavy (non-hydrogen) atoms. The Kier molecular flexibility index (Phi) is 3.34. The van der Waals surface area contributed by atoms with Crippen LogP contribution in [0.15, 0.2) is 36.4 Å². The van der Waals surface area contributed by atoms with Gasteiger partial charge in [0.25, 0.3) is 0 Å². The largest absolute Gasteiger partial charge is 0.493 e. The van der Waals surface area contributed by atoms with Crippen molar-refractivity contribution in [3.63, 3.8) is 0 Å². The van der Waals surface area contributed by atoms with Crippen molar-refractivity contribution in [3.05, 3.63) is 58.1 Å². The average molecular weight is 275 g/mol. The van der Waals surface area contributed by atoms with E-state index < -0.39 is 0 Å². The van der Waals surface area contributed by atoms with Gasteiger partial charge in [0.15, 0.2) is 0 Å². The monoisotopic (exact) mass is 274 g/mol. The van der Waals surface area contributed by atoms with E-state index in [1.165, 1.54) is 5.56 Å². The summed E-state index contributed by atoms with van der Waals surface area (Å²) < 4.78 is 11.5. The van der Waals surface area contributed by atoms with Crippen LogP contribution in [0.1, 0.15) is 16.7 Å². The molecule has 1 aliphatic heterocycles. The normalized spacial score (nSPS) is 12.9. The van der Waals surface area contributed by atoms with Crippen LogP contribution in [0, 0.1) is 6.92 Å². The van der Waals surface area contributed by atoms with E-state index in [0.29, 0.717) is 6.61 Å². The average Bonchev–Trinajstić information content (AvgIpc) is 2.85. The third-order valence-corrected chi connectivity index (χ3v) is 3.52. The highest BCUT2D eigenvalue weighted by Gasteiger charge is 2.18. The Morgan fingerprint density at radius 2 is 2.11 bits per heavy atom. The van der Waals surface area contributed by atoms with Crippen LogP contribution in [0.25, 0.3) is 0 Å². The van der Waals surface area contributed by atoms with Gasteiger partial charge in [0.05, 0.1) is 6.61 Å². The Bertz CT molecular complexity index is 608. The van der Waals surface area contributed by atoms with Gasteiger partial charge in [0, 0.05) is 17.0 Å². The molecule has 1 aliphatic rings. The minimum Gasteiger partial charge on any atom is -0.493 e. The Labute approximate surface area is 117 Å². The number of rotatable bonds is 3. The molecule has 0 aliphatic carbocycles. The summed E-state index contributed by atoms with van der Waals surface area (Å²) in [6.45, 7) is 3.25. The quantitative estimate of drug-likeness (QED) is 0.837. The van der Waals surface area contributed by atoms with Gasteiger partial charge in [-0.3, -0.25) is 0 Å². The van der Waals surface area contributed by atoms with Crippen molar-refractivity contribution >= 4 is 11.6 Å². The predicted octanol–water partition coefficient (Wildman–Crippen LogP) is 4.16. The summed E-state index contributed by atoms with van der Waals surface area (Å²) in [5, 5.41) is 0.743. The molecule has 0 saturated heterocycles. The van der Waals surface area contributed by atoms with E-state index in [0.717, 1.165) is 40.7 Å². The molecule has 0 aromatic heterocycles. The number of hydrogen-bond acceptors (Lipinski definition) is 2. The van der Waals surface area contributed by atoms with Crippen LogP contribution in [0.5, 0.6) is 11.5 Å². The smallest absolute Gasteiger partial charge is 0.129 e. The van der Waals surface area contributed by atoms with Crippen LogP contribution in [-0.2, 0) is 13.0 Å². The fraction of sp³-hybridized carbons (Fsp3) is 0.250. The molecule has 2 aromatic rings. The lowest BCUT2D eigenvalue weighted by Gasteiger charge is -2.12. The molecule has 3 heteroatoms. The third-order valence-electron chi connectivity index (χ3n) is 3.30. The second-order valence-electron chi connectivity index (χ2n) is 4.71. The molecular weight excluding hydrogens is 260 g/mol. The van der Waals surface area contributed by atoms with E-state index in [-0.39, 0.29) is 0 Å². The summed E-state index contributed by atoms with van der Waals surface area (Å²) in [6, 6.07) is 11.9. The number of hydrogen-bond donors (Lipinski definition) is 0. The first-order chi connectivity index (χ1) is 9.24. The molecule has 0 spiro atoms. The molecule has 0 unspecified atom stereocenters. The van der Waals surface area contributed by atoms with Crippen LogP contribution in [0.2, 0.25) is 5.02 Å². The zero-order valence-corrected chi connectivity index (χ0v) is 11.5. The summed E-state index contributed by atoms with van der Waals surface area (Å²) in [7, 11) is 0. The van der Waals surface area contributed by atoms with Crippen molar-refractivity contribution in [2.24, 2.45) is 0 Å². The first-order valence-corrected chi connectivity index (χ1v) is 6.74. The van der Waals surface area contributed by atoms with E-state index in [1.807, 2.05) is 43.3 Å². The number of ether oxygens (including phenoxy) is 2. The van der Waals surface area contributed by atoms with Gasteiger partial charge in [0.2, 0.25) is 0 Å². The van der Waals surface area contributed by atoms with Gasteiger partial charge >= 0.3 is 0 Å². The maximum atomic E-state index is 6.13. The van der Waals surface area contributed by atoms with Crippen molar-refractivity contribution in [3.8, 4) is 11.5 Å². The Balaban J connectivity index is 1.83. The first kappa shape index (κ1) is 12.4. The molecule has 2 aromatic carbocycles. The minimum atomic E-state index is 0.480. The number of fused-ring (bicyclic) bond motifs is 1. The topological polar surface area (TPSA) is 18.5 Å². The van der Waals surface area contributed by atoms with Gasteiger partial charge < -0.3 is 9.47 Å². The molecular formula is C16H15ClO2. The van der Waals surface area contributed by atoms with Crippen molar-refractivity contribution in [1.82, 2.24) is 0 Å². The molecule has 0 bridgehead atoms. The van der Waals surface area contributed by atoms with Gasteiger partial charge in [-0.2, -0.15) is 0 Å². The van der Waals surface area contributed by atoms with Crippen LogP contribution in [0.3, 0.4) is 0 Å². The highest BCUT2D eigenvalue weighted by atomic mass is 35.5. The number of halogens is 1. The lowest BCUT2D eigenvalue weighted by molar-refractivity contribution is 0.290. The van der Waals surface area contributed by atoms with Gasteiger partial charge in [-0.1, -0.05) is 29.8 Å². The molecule has 0 radical (unpaired) electrons. The van der Waals surface area contributed by atoms with Crippen LogP contribution in [0.4, 0.5) is 0 Å². The van der Waals surface area contributed by atoms with Gasteiger partial charge in [-0.15, -0.1) is 0 Å². The molecule has 0 atom stereocenters. The molecule has 1 heterocycles. The maximum absolute atomic E-state index is 6.13. The molecule has 0 saturated carbocycles. The summed E-state index contributed by atoms with van der Waals surface area (Å²) in [4.78, 5) is 0. The zero-order chi connectivity index (χ0) is 13.2. The second kappa shape index (κ2) is 5.14. The number of aryl methyl sites for hydroxylation is 1. The highest BCUT2D eigenvalue weighted by molar-refractivity contribution is 6.30. The zero-order valence-electron chi connectivity index (χ0n) is 10.8. The standard InChI is InChI=1S/C16H15ClO2/c1-11-4-2-3-5-15(11)19-10-13-9-14(17)8-12-6-7-18-16(12)13/h2-5,8-9H,6-7,10H2,1H3. The van der Waals surface area contributed by atoms with E-state index >= 15 is 0 Å². The Morgan fingerprint density at radius 3 is 2.95 bits per heavy atom. The lowest BCUT2D eigenvalue weighted by atomic mass is 10.1. The first-order valence-electron chi connectivity index (χ1n) is 6.36. The number of para-hydroxylation sites is 1. The predicted molar refractivity (Wildman–Crippen MR) is 76.2 cm³/mol. The molecule has 3 rings (SSSR count). The Hall–Kier alpha value is -1.67. The molecule has 98 valence electrons. The maximum Gasteiger partial charge on any atom is 0.129 e. The molecule has 2 nitrogen and oxygen atoms in total. The summed E-state index contributed by atoms with van der Waals surface area (Å²) in [5.41, 5.74) is 3.32. The fourth-order valence-corrected chi connectivity index (χ4v) is 2.59. The van der Waals surface area contributed by atoms with E-state index in [2.05, 4.69) is 0 Å². The summed E-state index contributed by atoms with van der Waals surface area (Å²) in [6.07, 6.45) is 0.924. The Morgan fingerprint density at radius 1 is 1.26 bits per heavy atom. The van der Waals surface area contributed by atoms with Crippen LogP contribution < -0.4 is 9.47 Å². The fourth-order valence-electron chi connectivity index (χ4n) is 2.33. The van der Waals surface area contributed by atoms with Crippen molar-refractivity contribution in [2.75, 3.05) is 6.61 Å². The molecule has 0 fully saturated rings. The summed E-state index contributed by atoms with van der Waals surface area (Å²) in [5.74, 6) is 1.84. The van der Waals surface area contributed by atoms with E-state index in [9.17, 15) is 0 Å². The van der Waals surface area contributed by atoms with Crippen molar-refractivity contribution in [1.29, 1.82) is 0 Å². The lowest BCUT2D eigenvalue weighted by Crippen LogP contribution is -1.99. The van der Waals surface area contributed by atoms with Crippen molar-refractivity contribution in [2.45, 2.75) is 20.0 Å². The SMILES string of the molecule is Cc1ccccc1OCc1cc(Cl)cc2c1OCC2. The molecule has 0 amide bonds. The van der Waals surface area contributed by atoms with E-state index in [1.54, 1.807) is 0 Å².